The van der Waals surface area contributed by atoms with Gasteiger partial charge in [0.2, 0.25) is 11.8 Å². The summed E-state index contributed by atoms with van der Waals surface area (Å²) < 4.78 is 5.79. The molecule has 7 nitrogen and oxygen atoms in total. The van der Waals surface area contributed by atoms with Gasteiger partial charge in [-0.3, -0.25) is 9.89 Å². The van der Waals surface area contributed by atoms with Crippen molar-refractivity contribution in [2.24, 2.45) is 5.92 Å². The predicted octanol–water partition coefficient (Wildman–Crippen LogP) is 2.45. The number of hydrogen-bond donors (Lipinski definition) is 1. The highest BCUT2D eigenvalue weighted by molar-refractivity contribution is 6.06. The zero-order valence-corrected chi connectivity index (χ0v) is 14.0. The first-order valence-electron chi connectivity index (χ1n) is 8.69. The molecule has 1 aromatic carbocycles. The van der Waals surface area contributed by atoms with Gasteiger partial charge in [-0.15, -0.1) is 10.2 Å². The molecular formula is C18H19N5O2. The number of aryl methyl sites for hydroxylation is 1. The highest BCUT2D eigenvalue weighted by Gasteiger charge is 2.55. The van der Waals surface area contributed by atoms with Crippen LogP contribution in [-0.4, -0.2) is 44.3 Å². The van der Waals surface area contributed by atoms with Crippen molar-refractivity contribution >= 4 is 16.8 Å². The van der Waals surface area contributed by atoms with Crippen molar-refractivity contribution in [3.63, 3.8) is 0 Å². The maximum Gasteiger partial charge on any atom is 0.254 e. The first kappa shape index (κ1) is 14.6. The molecule has 3 aromatic rings. The molecule has 7 heteroatoms. The zero-order chi connectivity index (χ0) is 17.0. The number of H-pyrrole nitrogens is 1. The minimum Gasteiger partial charge on any atom is -0.425 e. The van der Waals surface area contributed by atoms with Crippen LogP contribution in [0.2, 0.25) is 0 Å². The Hall–Kier alpha value is -2.70. The van der Waals surface area contributed by atoms with E-state index in [1.807, 2.05) is 30.0 Å². The van der Waals surface area contributed by atoms with Crippen molar-refractivity contribution in [2.45, 2.75) is 31.6 Å². The van der Waals surface area contributed by atoms with Crippen LogP contribution in [0.4, 0.5) is 0 Å². The lowest BCUT2D eigenvalue weighted by molar-refractivity contribution is 0.0777. The van der Waals surface area contributed by atoms with E-state index in [4.69, 9.17) is 4.42 Å². The number of fused-ring (bicyclic) bond motifs is 2. The number of nitrogens with zero attached hydrogens (tertiary/aromatic N) is 4. The Labute approximate surface area is 144 Å². The summed E-state index contributed by atoms with van der Waals surface area (Å²) in [6.07, 6.45) is 4.96. The molecular weight excluding hydrogens is 318 g/mol. The molecule has 0 bridgehead atoms. The Kier molecular flexibility index (Phi) is 3.01. The van der Waals surface area contributed by atoms with E-state index >= 15 is 0 Å². The number of rotatable bonds is 2. The first-order valence-corrected chi connectivity index (χ1v) is 8.69. The molecule has 1 amide bonds. The van der Waals surface area contributed by atoms with Gasteiger partial charge in [0.15, 0.2) is 0 Å². The lowest BCUT2D eigenvalue weighted by Gasteiger charge is -2.24. The van der Waals surface area contributed by atoms with Gasteiger partial charge in [0.1, 0.15) is 0 Å². The molecule has 3 heterocycles. The molecule has 5 rings (SSSR count). The van der Waals surface area contributed by atoms with Crippen LogP contribution in [0.15, 0.2) is 28.8 Å². The summed E-state index contributed by atoms with van der Waals surface area (Å²) in [7, 11) is 0. The third-order valence-corrected chi connectivity index (χ3v) is 5.83. The van der Waals surface area contributed by atoms with Crippen LogP contribution in [0.1, 0.15) is 41.4 Å². The number of nitrogens with one attached hydrogen (secondary N) is 1. The van der Waals surface area contributed by atoms with Gasteiger partial charge in [-0.1, -0.05) is 12.5 Å². The third-order valence-electron chi connectivity index (χ3n) is 5.83. The first-order chi connectivity index (χ1) is 12.2. The molecule has 2 aliphatic rings. The second-order valence-corrected chi connectivity index (χ2v) is 7.19. The number of aromatic nitrogens is 4. The number of benzene rings is 1. The van der Waals surface area contributed by atoms with E-state index in [1.54, 1.807) is 6.20 Å². The number of aromatic amines is 1. The molecule has 0 spiro atoms. The number of likely N-dealkylation sites (tertiary alicyclic amines) is 1. The van der Waals surface area contributed by atoms with E-state index in [0.29, 0.717) is 29.8 Å². The smallest absolute Gasteiger partial charge is 0.254 e. The quantitative estimate of drug-likeness (QED) is 0.776. The van der Waals surface area contributed by atoms with Crippen molar-refractivity contribution in [3.8, 4) is 0 Å². The Morgan fingerprint density at radius 3 is 3.16 bits per heavy atom. The van der Waals surface area contributed by atoms with Crippen molar-refractivity contribution in [1.29, 1.82) is 0 Å². The summed E-state index contributed by atoms with van der Waals surface area (Å²) in [6, 6.07) is 5.69. The van der Waals surface area contributed by atoms with E-state index in [-0.39, 0.29) is 11.3 Å². The lowest BCUT2D eigenvalue weighted by Crippen LogP contribution is -2.35. The molecule has 1 saturated heterocycles. The van der Waals surface area contributed by atoms with Gasteiger partial charge in [0.05, 0.1) is 22.7 Å². The molecule has 1 N–H and O–H groups in total. The monoisotopic (exact) mass is 337 g/mol. The average molecular weight is 337 g/mol. The number of carbonyl (C=O) groups is 1. The molecule has 128 valence electrons. The van der Waals surface area contributed by atoms with E-state index in [0.717, 1.165) is 36.7 Å². The van der Waals surface area contributed by atoms with Crippen LogP contribution in [0.5, 0.6) is 0 Å². The van der Waals surface area contributed by atoms with Crippen molar-refractivity contribution in [3.05, 3.63) is 41.7 Å². The summed E-state index contributed by atoms with van der Waals surface area (Å²) in [4.78, 5) is 15.1. The minimum atomic E-state index is -0.179. The highest BCUT2D eigenvalue weighted by Crippen LogP contribution is 2.50. The van der Waals surface area contributed by atoms with Crippen molar-refractivity contribution in [1.82, 2.24) is 25.3 Å². The van der Waals surface area contributed by atoms with E-state index in [2.05, 4.69) is 20.4 Å². The fourth-order valence-electron chi connectivity index (χ4n) is 4.62. The average Bonchev–Trinajstić information content (AvgIpc) is 3.35. The molecule has 1 aliphatic carbocycles. The van der Waals surface area contributed by atoms with Gasteiger partial charge in [-0.25, -0.2) is 0 Å². The SMILES string of the molecule is Cc1nnc([C@]23CCC[C@H]2CN(C(=O)c2cccc4[nH]ncc24)C3)o1. The van der Waals surface area contributed by atoms with Gasteiger partial charge in [-0.2, -0.15) is 5.10 Å². The second-order valence-electron chi connectivity index (χ2n) is 7.19. The summed E-state index contributed by atoms with van der Waals surface area (Å²) in [5, 5.41) is 16.2. The van der Waals surface area contributed by atoms with Gasteiger partial charge in [0.25, 0.3) is 5.91 Å². The van der Waals surface area contributed by atoms with E-state index in [9.17, 15) is 4.79 Å². The second kappa shape index (κ2) is 5.15. The maximum absolute atomic E-state index is 13.2. The molecule has 25 heavy (non-hydrogen) atoms. The molecule has 1 saturated carbocycles. The molecule has 1 aliphatic heterocycles. The van der Waals surface area contributed by atoms with Gasteiger partial charge >= 0.3 is 0 Å². The van der Waals surface area contributed by atoms with Gasteiger partial charge in [0, 0.05) is 25.4 Å². The van der Waals surface area contributed by atoms with E-state index < -0.39 is 0 Å². The third kappa shape index (κ3) is 2.04. The normalized spacial score (nSPS) is 25.6. The number of hydrogen-bond acceptors (Lipinski definition) is 5. The van der Waals surface area contributed by atoms with Crippen LogP contribution >= 0.6 is 0 Å². The lowest BCUT2D eigenvalue weighted by atomic mass is 9.80. The molecule has 2 atom stereocenters. The number of carbonyl (C=O) groups excluding carboxylic acids is 1. The summed E-state index contributed by atoms with van der Waals surface area (Å²) >= 11 is 0. The van der Waals surface area contributed by atoms with Crippen LogP contribution in [0, 0.1) is 12.8 Å². The van der Waals surface area contributed by atoms with Crippen LogP contribution < -0.4 is 0 Å². The Balaban J connectivity index is 1.50. The fourth-order valence-corrected chi connectivity index (χ4v) is 4.62. The standard InChI is InChI=1S/C18H19N5O2/c1-11-20-22-17(25-11)18-7-3-4-12(18)9-23(10-18)16(24)13-5-2-6-15-14(13)8-19-21-15/h2,5-6,8,12H,3-4,7,9-10H2,1H3,(H,19,21)/t12-,18-/m0/s1. The van der Waals surface area contributed by atoms with Crippen molar-refractivity contribution in [2.75, 3.05) is 13.1 Å². The Morgan fingerprint density at radius 1 is 1.40 bits per heavy atom. The van der Waals surface area contributed by atoms with Crippen LogP contribution in [0.25, 0.3) is 10.9 Å². The summed E-state index contributed by atoms with van der Waals surface area (Å²) in [6.45, 7) is 3.20. The Bertz CT molecular complexity index is 961. The minimum absolute atomic E-state index is 0.0528. The van der Waals surface area contributed by atoms with Crippen molar-refractivity contribution < 1.29 is 9.21 Å². The van der Waals surface area contributed by atoms with E-state index in [1.165, 1.54) is 0 Å². The maximum atomic E-state index is 13.2. The van der Waals surface area contributed by atoms with Gasteiger partial charge in [-0.05, 0) is 30.9 Å². The topological polar surface area (TPSA) is 87.9 Å². The molecule has 0 radical (unpaired) electrons. The summed E-state index contributed by atoms with van der Waals surface area (Å²) in [5.74, 6) is 1.73. The highest BCUT2D eigenvalue weighted by atomic mass is 16.4. The Morgan fingerprint density at radius 2 is 2.32 bits per heavy atom. The van der Waals surface area contributed by atoms with Gasteiger partial charge < -0.3 is 9.32 Å². The largest absolute Gasteiger partial charge is 0.425 e. The molecule has 2 fully saturated rings. The summed E-state index contributed by atoms with van der Waals surface area (Å²) in [5.41, 5.74) is 1.40. The molecule has 0 unspecified atom stereocenters. The predicted molar refractivity (Wildman–Crippen MR) is 90.1 cm³/mol. The van der Waals surface area contributed by atoms with Crippen LogP contribution in [0.3, 0.4) is 0 Å². The fraction of sp³-hybridized carbons (Fsp3) is 0.444. The zero-order valence-electron chi connectivity index (χ0n) is 14.0. The molecule has 2 aromatic heterocycles. The number of amides is 1. The van der Waals surface area contributed by atoms with Crippen LogP contribution in [-0.2, 0) is 5.41 Å².